The molecule has 6 aromatic rings. The zero-order valence-electron chi connectivity index (χ0n) is 47.4. The van der Waals surface area contributed by atoms with E-state index >= 15 is 0 Å². The zero-order valence-corrected chi connectivity index (χ0v) is 50.9. The monoisotopic (exact) mass is 1170 g/mol. The lowest BCUT2D eigenvalue weighted by Crippen LogP contribution is -2.33. The summed E-state index contributed by atoms with van der Waals surface area (Å²) >= 11 is 0. The van der Waals surface area contributed by atoms with Crippen molar-refractivity contribution >= 4 is 60.8 Å². The Balaban J connectivity index is 0.000000174. The maximum atomic E-state index is 13.8. The predicted octanol–water partition coefficient (Wildman–Crippen LogP) is 12.5. The Labute approximate surface area is 464 Å². The van der Waals surface area contributed by atoms with Crippen LogP contribution in [0.5, 0.6) is 40.2 Å². The number of aryl methyl sites for hydroxylation is 3. The Kier molecular flexibility index (Phi) is 19.0. The predicted molar refractivity (Wildman–Crippen MR) is 313 cm³/mol. The van der Waals surface area contributed by atoms with Gasteiger partial charge in [0.05, 0.1) is 26.6 Å². The first-order valence-electron chi connectivity index (χ1n) is 25.2. The molecule has 2 N–H and O–H groups in total. The van der Waals surface area contributed by atoms with Gasteiger partial charge in [-0.3, -0.25) is 0 Å². The Morgan fingerprint density at radius 1 is 0.544 bits per heavy atom. The van der Waals surface area contributed by atoms with E-state index in [-0.39, 0.29) is 42.0 Å². The van der Waals surface area contributed by atoms with Crippen molar-refractivity contribution in [2.45, 2.75) is 104 Å². The lowest BCUT2D eigenvalue weighted by Gasteiger charge is -2.28. The van der Waals surface area contributed by atoms with E-state index in [4.69, 9.17) is 38.5 Å². The van der Waals surface area contributed by atoms with Crippen LogP contribution < -0.4 is 54.0 Å². The summed E-state index contributed by atoms with van der Waals surface area (Å²) in [5, 5.41) is 19.2. The number of fused-ring (bicyclic) bond motifs is 3. The van der Waals surface area contributed by atoms with Crippen molar-refractivity contribution < 1.29 is 73.4 Å². The maximum Gasteiger partial charge on any atom is 0.534 e. The van der Waals surface area contributed by atoms with Gasteiger partial charge in [-0.15, -0.1) is 0 Å². The molecule has 3 heterocycles. The highest BCUT2D eigenvalue weighted by Gasteiger charge is 2.52. The quantitative estimate of drug-likeness (QED) is 0.0638. The average Bonchev–Trinajstić information content (AvgIpc) is 4.09. The van der Waals surface area contributed by atoms with Gasteiger partial charge in [0.15, 0.2) is 20.0 Å². The highest BCUT2D eigenvalue weighted by atomic mass is 32.2. The van der Waals surface area contributed by atoms with Gasteiger partial charge in [0.1, 0.15) is 58.8 Å². The van der Waals surface area contributed by atoms with E-state index in [9.17, 15) is 30.7 Å². The van der Waals surface area contributed by atoms with Gasteiger partial charge < -0.3 is 51.8 Å². The summed E-state index contributed by atoms with van der Waals surface area (Å²) in [7, 11) is -8.73. The van der Waals surface area contributed by atoms with Crippen LogP contribution in [0.25, 0.3) is 22.3 Å². The third-order valence-electron chi connectivity index (χ3n) is 13.8. The number of rotatable bonds is 8. The largest absolute Gasteiger partial charge is 0.534 e. The highest BCUT2D eigenvalue weighted by Crippen LogP contribution is 2.64. The third-order valence-corrected chi connectivity index (χ3v) is 25.4. The van der Waals surface area contributed by atoms with Gasteiger partial charge in [0, 0.05) is 37.8 Å². The van der Waals surface area contributed by atoms with Gasteiger partial charge in [-0.25, -0.2) is 0 Å². The highest BCUT2D eigenvalue weighted by molar-refractivity contribution is 7.88. The molecule has 0 amide bonds. The van der Waals surface area contributed by atoms with Crippen molar-refractivity contribution in [3.63, 3.8) is 0 Å². The SMILES string of the molecule is CC(C)(C)[P@@]1(=O)COc2cccc(OS(=O)(=O)C(F)(F)F)c21.COc1cccc(C)c1-c1cccc2c1[P@@](=O)(C(C)(C)C)CO2.COc1cccc(C)c1-c1cccc2c1[P@@](C(C)(C)C)CO2.COc1cccc(C)c1B(O)O. The summed E-state index contributed by atoms with van der Waals surface area (Å²) < 4.78 is 124. The lowest BCUT2D eigenvalue weighted by atomic mass is 9.76. The molecule has 0 saturated heterocycles. The number of halogens is 3. The molecule has 21 heteroatoms. The summed E-state index contributed by atoms with van der Waals surface area (Å²) in [5.74, 6) is 3.49. The van der Waals surface area contributed by atoms with Crippen molar-refractivity contribution in [2.24, 2.45) is 0 Å². The Morgan fingerprint density at radius 3 is 1.41 bits per heavy atom. The number of ether oxygens (including phenoxy) is 6. The van der Waals surface area contributed by atoms with Crippen molar-refractivity contribution in [2.75, 3.05) is 40.4 Å². The second-order valence-electron chi connectivity index (χ2n) is 22.0. The van der Waals surface area contributed by atoms with E-state index < -0.39 is 47.9 Å². The van der Waals surface area contributed by atoms with Gasteiger partial charge in [0.2, 0.25) is 0 Å². The van der Waals surface area contributed by atoms with Crippen molar-refractivity contribution in [3.05, 3.63) is 126 Å². The Hall–Kier alpha value is -5.47. The normalized spacial score (nSPS) is 18.2. The molecule has 13 nitrogen and oxygen atoms in total. The summed E-state index contributed by atoms with van der Waals surface area (Å²) in [4.78, 5) is 0. The molecule has 0 spiro atoms. The standard InChI is InChI=1S/C19H23O3P.C19H23O2P.C12H14F3O5PS.C8H11BO3/c1-13-8-6-10-15(21-5)17(13)14-9-7-11-16-18(14)23(20,12-22-16)19(2,3)4;1-13-8-6-10-15(20-5)17(13)14-9-7-11-16-18(14)22(12-21-16)19(2,3)4;1-11(2,3)21(16)7-19-8-5-4-6-9(10(8)21)20-22(17,18)12(13,14)15;1-6-4-3-5-7(12-2)8(6)9(10)11/h6-11H,12H2,1-5H3;6-11H,12H2,1-5H3;4-6H,7H2,1-3H3;3-5,10-11H,1-2H3/t23-;22-;21-;/m101./s1. The molecular formula is C58H71BF3O13P3S. The Bertz CT molecular complexity index is 3400. The molecule has 3 aliphatic heterocycles. The van der Waals surface area contributed by atoms with Crippen LogP contribution >= 0.6 is 22.2 Å². The number of alkyl halides is 3. The molecule has 0 bridgehead atoms. The van der Waals surface area contributed by atoms with Crippen LogP contribution in [-0.4, -0.2) is 86.9 Å². The number of benzene rings is 6. The van der Waals surface area contributed by atoms with E-state index in [1.165, 1.54) is 41.2 Å². The lowest BCUT2D eigenvalue weighted by molar-refractivity contribution is -0.0499. The van der Waals surface area contributed by atoms with Crippen LogP contribution in [0, 0.1) is 20.8 Å². The fourth-order valence-corrected chi connectivity index (χ4v) is 17.2. The van der Waals surface area contributed by atoms with E-state index in [1.807, 2.05) is 63.2 Å². The summed E-state index contributed by atoms with van der Waals surface area (Å²) in [6.07, 6.45) is 0.884. The van der Waals surface area contributed by atoms with E-state index in [0.29, 0.717) is 11.2 Å². The molecule has 426 valence electrons. The smallest absolute Gasteiger partial charge is 0.497 e. The second kappa shape index (κ2) is 23.9. The summed E-state index contributed by atoms with van der Waals surface area (Å²) in [6, 6.07) is 33.5. The van der Waals surface area contributed by atoms with Crippen LogP contribution in [-0.2, 0) is 19.2 Å². The van der Waals surface area contributed by atoms with E-state index in [2.05, 4.69) is 69.1 Å². The van der Waals surface area contributed by atoms with Crippen molar-refractivity contribution in [1.29, 1.82) is 0 Å². The second-order valence-corrected chi connectivity index (χ2v) is 33.5. The number of hydrogen-bond donors (Lipinski definition) is 2. The molecule has 9 rings (SSSR count). The fraction of sp³-hybridized carbons (Fsp3) is 0.379. The molecule has 79 heavy (non-hydrogen) atoms. The fourth-order valence-electron chi connectivity index (χ4n) is 9.25. The van der Waals surface area contributed by atoms with E-state index in [1.54, 1.807) is 60.1 Å². The first-order chi connectivity index (χ1) is 36.7. The van der Waals surface area contributed by atoms with Gasteiger partial charge in [-0.1, -0.05) is 129 Å². The summed E-state index contributed by atoms with van der Waals surface area (Å²) in [5.41, 5.74) is 2.45. The number of hydrogen-bond acceptors (Lipinski definition) is 13. The Morgan fingerprint density at radius 2 is 0.949 bits per heavy atom. The van der Waals surface area contributed by atoms with Crippen LogP contribution in [0.2, 0.25) is 0 Å². The third kappa shape index (κ3) is 12.9. The van der Waals surface area contributed by atoms with Gasteiger partial charge in [-0.2, -0.15) is 21.6 Å². The minimum absolute atomic E-state index is 0.0770. The zero-order chi connectivity index (χ0) is 58.8. The molecule has 0 radical (unpaired) electrons. The minimum atomic E-state index is -5.84. The van der Waals surface area contributed by atoms with Gasteiger partial charge >= 0.3 is 22.7 Å². The molecular weight excluding hydrogens is 1100 g/mol. The molecule has 0 unspecified atom stereocenters. The summed E-state index contributed by atoms with van der Waals surface area (Å²) in [6.45, 7) is 23.9. The van der Waals surface area contributed by atoms with Gasteiger partial charge in [0.25, 0.3) is 0 Å². The van der Waals surface area contributed by atoms with Crippen LogP contribution in [0.1, 0.15) is 79.0 Å². The van der Waals surface area contributed by atoms with Crippen LogP contribution in [0.4, 0.5) is 13.2 Å². The molecule has 0 saturated carbocycles. The molecule has 3 atom stereocenters. The minimum Gasteiger partial charge on any atom is -0.497 e. The maximum absolute atomic E-state index is 13.8. The average molecular weight is 1170 g/mol. The first kappa shape index (κ1) is 62.7. The molecule has 0 fully saturated rings. The molecule has 6 aromatic carbocycles. The van der Waals surface area contributed by atoms with E-state index in [0.717, 1.165) is 63.0 Å². The van der Waals surface area contributed by atoms with Gasteiger partial charge in [-0.05, 0) is 98.6 Å². The molecule has 0 aliphatic carbocycles. The molecule has 3 aliphatic rings. The van der Waals surface area contributed by atoms with Crippen molar-refractivity contribution in [1.82, 2.24) is 0 Å². The van der Waals surface area contributed by atoms with Crippen LogP contribution in [0.3, 0.4) is 0 Å². The first-order valence-corrected chi connectivity index (χ1v) is 31.9. The van der Waals surface area contributed by atoms with Crippen molar-refractivity contribution in [3.8, 4) is 62.5 Å². The topological polar surface area (TPSA) is 173 Å². The molecule has 0 aromatic heterocycles. The number of methoxy groups -OCH3 is 3. The van der Waals surface area contributed by atoms with Crippen LogP contribution in [0.15, 0.2) is 109 Å².